The van der Waals surface area contributed by atoms with Gasteiger partial charge in [0.2, 0.25) is 10.0 Å². The molecule has 3 rings (SSSR count). The number of nitrogens with zero attached hydrogens (tertiary/aromatic N) is 2. The van der Waals surface area contributed by atoms with Crippen LogP contribution in [0.1, 0.15) is 34.0 Å². The first kappa shape index (κ1) is 25.6. The number of hydrogen-bond acceptors (Lipinski definition) is 5. The third-order valence-corrected chi connectivity index (χ3v) is 6.37. The van der Waals surface area contributed by atoms with Gasteiger partial charge in [-0.3, -0.25) is 13.9 Å². The van der Waals surface area contributed by atoms with E-state index in [1.165, 1.54) is 0 Å². The Bertz CT molecular complexity index is 1370. The Morgan fingerprint density at radius 1 is 0.914 bits per heavy atom. The fraction of sp³-hybridized carbons (Fsp3) is 0.192. The normalized spacial score (nSPS) is 11.6. The first-order chi connectivity index (χ1) is 16.5. The van der Waals surface area contributed by atoms with Crippen LogP contribution in [0.2, 0.25) is 0 Å². The van der Waals surface area contributed by atoms with Crippen molar-refractivity contribution in [1.29, 1.82) is 0 Å². The fourth-order valence-electron chi connectivity index (χ4n) is 3.36. The monoisotopic (exact) mass is 492 g/mol. The first-order valence-corrected chi connectivity index (χ1v) is 12.7. The lowest BCUT2D eigenvalue weighted by Crippen LogP contribution is -2.39. The van der Waals surface area contributed by atoms with E-state index in [0.29, 0.717) is 28.2 Å². The number of hydrazone groups is 1. The molecular weight excluding hydrogens is 464 g/mol. The summed E-state index contributed by atoms with van der Waals surface area (Å²) in [5, 5.41) is 6.96. The van der Waals surface area contributed by atoms with Crippen LogP contribution in [-0.4, -0.2) is 38.7 Å². The van der Waals surface area contributed by atoms with Crippen molar-refractivity contribution < 1.29 is 18.0 Å². The van der Waals surface area contributed by atoms with Gasteiger partial charge in [-0.1, -0.05) is 42.5 Å². The highest BCUT2D eigenvalue weighted by Crippen LogP contribution is 2.23. The zero-order chi connectivity index (χ0) is 25.6. The Balaban J connectivity index is 1.71. The van der Waals surface area contributed by atoms with Gasteiger partial charge >= 0.3 is 0 Å². The molecule has 0 aliphatic rings. The molecule has 0 radical (unpaired) electrons. The number of anilines is 2. The van der Waals surface area contributed by atoms with E-state index in [-0.39, 0.29) is 5.91 Å². The van der Waals surface area contributed by atoms with Crippen LogP contribution in [-0.2, 0) is 14.8 Å². The second kappa shape index (κ2) is 11.0. The second-order valence-electron chi connectivity index (χ2n) is 8.19. The maximum atomic E-state index is 12.6. The number of amides is 2. The standard InChI is InChI=1S/C26H28N4O4S/c1-18-13-14-19(2)24(15-18)30(35(4,33)34)17-25(31)29-28-20(3)22-11-8-12-23(16-22)27-26(32)21-9-6-5-7-10-21/h5-16H,17H2,1-4H3,(H,27,32)(H,29,31)/b28-20-. The van der Waals surface area contributed by atoms with E-state index in [1.54, 1.807) is 68.4 Å². The Labute approximate surface area is 205 Å². The topological polar surface area (TPSA) is 108 Å². The molecule has 0 saturated carbocycles. The van der Waals surface area contributed by atoms with E-state index in [0.717, 1.165) is 21.7 Å². The smallest absolute Gasteiger partial charge is 0.260 e. The fourth-order valence-corrected chi connectivity index (χ4v) is 4.27. The van der Waals surface area contributed by atoms with Crippen molar-refractivity contribution in [2.24, 2.45) is 5.10 Å². The Morgan fingerprint density at radius 3 is 2.29 bits per heavy atom. The van der Waals surface area contributed by atoms with Crippen molar-refractivity contribution in [3.8, 4) is 0 Å². The lowest BCUT2D eigenvalue weighted by Gasteiger charge is -2.23. The third-order valence-electron chi connectivity index (χ3n) is 5.24. The second-order valence-corrected chi connectivity index (χ2v) is 10.1. The zero-order valence-corrected chi connectivity index (χ0v) is 20.9. The number of carbonyl (C=O) groups is 2. The van der Waals surface area contributed by atoms with E-state index in [4.69, 9.17) is 0 Å². The van der Waals surface area contributed by atoms with Gasteiger partial charge in [-0.05, 0) is 67.8 Å². The van der Waals surface area contributed by atoms with Crippen LogP contribution in [0.15, 0.2) is 77.9 Å². The largest absolute Gasteiger partial charge is 0.322 e. The van der Waals surface area contributed by atoms with Crippen LogP contribution in [0.3, 0.4) is 0 Å². The van der Waals surface area contributed by atoms with Crippen molar-refractivity contribution in [3.05, 3.63) is 95.1 Å². The number of sulfonamides is 1. The Hall–Kier alpha value is -3.98. The summed E-state index contributed by atoms with van der Waals surface area (Å²) < 4.78 is 25.9. The Kier molecular flexibility index (Phi) is 8.03. The van der Waals surface area contributed by atoms with Gasteiger partial charge in [0.1, 0.15) is 6.54 Å². The molecule has 2 amide bonds. The summed E-state index contributed by atoms with van der Waals surface area (Å²) in [4.78, 5) is 25.0. The molecular formula is C26H28N4O4S. The van der Waals surface area contributed by atoms with Crippen molar-refractivity contribution in [1.82, 2.24) is 5.43 Å². The molecule has 0 heterocycles. The van der Waals surface area contributed by atoms with Crippen molar-refractivity contribution >= 4 is 38.9 Å². The molecule has 9 heteroatoms. The van der Waals surface area contributed by atoms with Crippen LogP contribution in [0.5, 0.6) is 0 Å². The lowest BCUT2D eigenvalue weighted by atomic mass is 10.1. The molecule has 0 aliphatic carbocycles. The highest BCUT2D eigenvalue weighted by atomic mass is 32.2. The average Bonchev–Trinajstić information content (AvgIpc) is 2.82. The minimum absolute atomic E-state index is 0.238. The van der Waals surface area contributed by atoms with Gasteiger partial charge in [0.05, 0.1) is 17.7 Å². The van der Waals surface area contributed by atoms with Crippen LogP contribution in [0.4, 0.5) is 11.4 Å². The molecule has 2 N–H and O–H groups in total. The van der Waals surface area contributed by atoms with E-state index in [1.807, 2.05) is 25.1 Å². The first-order valence-electron chi connectivity index (χ1n) is 10.9. The van der Waals surface area contributed by atoms with E-state index >= 15 is 0 Å². The summed E-state index contributed by atoms with van der Waals surface area (Å²) in [6, 6.07) is 21.3. The SMILES string of the molecule is C/C(=N/NC(=O)CN(c1cc(C)ccc1C)S(C)(=O)=O)c1cccc(NC(=O)c2ccccc2)c1. The summed E-state index contributed by atoms with van der Waals surface area (Å²) in [6.07, 6.45) is 1.06. The van der Waals surface area contributed by atoms with E-state index in [2.05, 4.69) is 15.8 Å². The summed E-state index contributed by atoms with van der Waals surface area (Å²) in [5.41, 5.74) is 6.79. The molecule has 0 aliphatic heterocycles. The Morgan fingerprint density at radius 2 is 1.60 bits per heavy atom. The molecule has 0 bridgehead atoms. The van der Waals surface area contributed by atoms with Crippen molar-refractivity contribution in [3.63, 3.8) is 0 Å². The summed E-state index contributed by atoms with van der Waals surface area (Å²) in [7, 11) is -3.70. The molecule has 3 aromatic rings. The highest BCUT2D eigenvalue weighted by molar-refractivity contribution is 7.92. The van der Waals surface area contributed by atoms with Crippen LogP contribution >= 0.6 is 0 Å². The minimum Gasteiger partial charge on any atom is -0.322 e. The quantitative estimate of drug-likeness (QED) is 0.368. The van der Waals surface area contributed by atoms with Crippen LogP contribution in [0, 0.1) is 13.8 Å². The molecule has 35 heavy (non-hydrogen) atoms. The van der Waals surface area contributed by atoms with Crippen molar-refractivity contribution in [2.45, 2.75) is 20.8 Å². The lowest BCUT2D eigenvalue weighted by molar-refractivity contribution is -0.119. The maximum Gasteiger partial charge on any atom is 0.260 e. The van der Waals surface area contributed by atoms with Gasteiger partial charge in [0.25, 0.3) is 11.8 Å². The molecule has 0 aromatic heterocycles. The number of hydrogen-bond donors (Lipinski definition) is 2. The molecule has 0 unspecified atom stereocenters. The number of rotatable bonds is 8. The third kappa shape index (κ3) is 7.00. The van der Waals surface area contributed by atoms with Crippen molar-refractivity contribution in [2.75, 3.05) is 22.4 Å². The summed E-state index contributed by atoms with van der Waals surface area (Å²) in [5.74, 6) is -0.817. The highest BCUT2D eigenvalue weighted by Gasteiger charge is 2.22. The zero-order valence-electron chi connectivity index (χ0n) is 20.1. The molecule has 0 saturated heterocycles. The molecule has 0 atom stereocenters. The average molecular weight is 493 g/mol. The minimum atomic E-state index is -3.70. The van der Waals surface area contributed by atoms with Gasteiger partial charge in [0, 0.05) is 11.3 Å². The summed E-state index contributed by atoms with van der Waals surface area (Å²) in [6.45, 7) is 4.94. The molecule has 8 nitrogen and oxygen atoms in total. The predicted octanol–water partition coefficient (Wildman–Crippen LogP) is 3.86. The van der Waals surface area contributed by atoms with Gasteiger partial charge in [0.15, 0.2) is 0 Å². The maximum absolute atomic E-state index is 12.6. The van der Waals surface area contributed by atoms with Crippen LogP contribution in [0.25, 0.3) is 0 Å². The molecule has 0 spiro atoms. The molecule has 3 aromatic carbocycles. The molecule has 0 fully saturated rings. The van der Waals surface area contributed by atoms with Gasteiger partial charge in [-0.2, -0.15) is 5.10 Å². The van der Waals surface area contributed by atoms with E-state index < -0.39 is 22.5 Å². The molecule has 182 valence electrons. The van der Waals surface area contributed by atoms with Gasteiger partial charge in [-0.15, -0.1) is 0 Å². The summed E-state index contributed by atoms with van der Waals surface area (Å²) >= 11 is 0. The number of aryl methyl sites for hydroxylation is 2. The number of carbonyl (C=O) groups excluding carboxylic acids is 2. The van der Waals surface area contributed by atoms with Crippen LogP contribution < -0.4 is 15.0 Å². The van der Waals surface area contributed by atoms with Gasteiger partial charge in [-0.25, -0.2) is 13.8 Å². The number of benzene rings is 3. The van der Waals surface area contributed by atoms with E-state index in [9.17, 15) is 18.0 Å². The predicted molar refractivity (Wildman–Crippen MR) is 139 cm³/mol. The van der Waals surface area contributed by atoms with Gasteiger partial charge < -0.3 is 5.32 Å². The number of nitrogens with one attached hydrogen (secondary N) is 2.